The van der Waals surface area contributed by atoms with Crippen molar-refractivity contribution >= 4 is 21.8 Å². The molecule has 0 saturated heterocycles. The predicted octanol–water partition coefficient (Wildman–Crippen LogP) is 2.49. The fourth-order valence-corrected chi connectivity index (χ4v) is 2.17. The zero-order valence-corrected chi connectivity index (χ0v) is 13.9. The average Bonchev–Trinajstić information content (AvgIpc) is 2.39. The number of nitrogens with one attached hydrogen (secondary N) is 1. The number of amides is 1. The molecular weight excluding hydrogens is 320 g/mol. The van der Waals surface area contributed by atoms with E-state index in [0.717, 1.165) is 16.5 Å². The highest BCUT2D eigenvalue weighted by Gasteiger charge is 2.16. The normalized spacial score (nSPS) is 12.3. The van der Waals surface area contributed by atoms with Crippen molar-refractivity contribution in [2.75, 3.05) is 13.1 Å². The van der Waals surface area contributed by atoms with Crippen LogP contribution in [0.1, 0.15) is 26.3 Å². The number of rotatable bonds is 7. The lowest BCUT2D eigenvalue weighted by Crippen LogP contribution is -2.38. The molecule has 112 valence electrons. The van der Waals surface area contributed by atoms with Gasteiger partial charge in [-0.2, -0.15) is 0 Å². The van der Waals surface area contributed by atoms with E-state index in [1.807, 2.05) is 18.2 Å². The highest BCUT2D eigenvalue weighted by molar-refractivity contribution is 9.10. The fraction of sp³-hybridized carbons (Fsp3) is 0.533. The van der Waals surface area contributed by atoms with Crippen molar-refractivity contribution in [2.24, 2.45) is 11.7 Å². The van der Waals surface area contributed by atoms with Crippen LogP contribution in [0.15, 0.2) is 22.7 Å². The molecule has 1 rings (SSSR count). The lowest BCUT2D eigenvalue weighted by Gasteiger charge is -2.17. The first-order valence-electron chi connectivity index (χ1n) is 6.87. The van der Waals surface area contributed by atoms with Crippen molar-refractivity contribution in [1.82, 2.24) is 5.32 Å². The molecule has 5 heteroatoms. The maximum absolute atomic E-state index is 11.9. The van der Waals surface area contributed by atoms with Crippen molar-refractivity contribution in [3.8, 4) is 5.75 Å². The van der Waals surface area contributed by atoms with Crippen molar-refractivity contribution in [1.29, 1.82) is 0 Å². The molecule has 1 atom stereocenters. The monoisotopic (exact) mass is 342 g/mol. The topological polar surface area (TPSA) is 64.3 Å². The highest BCUT2D eigenvalue weighted by atomic mass is 79.9. The number of hydrogen-bond donors (Lipinski definition) is 2. The molecule has 0 radical (unpaired) electrons. The lowest BCUT2D eigenvalue weighted by molar-refractivity contribution is -0.127. The molecule has 1 unspecified atom stereocenters. The Kier molecular flexibility index (Phi) is 7.02. The van der Waals surface area contributed by atoms with Gasteiger partial charge in [0.15, 0.2) is 6.10 Å². The van der Waals surface area contributed by atoms with Crippen LogP contribution in [0.5, 0.6) is 5.75 Å². The van der Waals surface area contributed by atoms with Crippen LogP contribution in [0.4, 0.5) is 0 Å². The number of ether oxygens (including phenoxy) is 1. The third kappa shape index (κ3) is 5.51. The van der Waals surface area contributed by atoms with Gasteiger partial charge in [0.1, 0.15) is 5.75 Å². The molecule has 0 aliphatic carbocycles. The number of nitrogens with two attached hydrogens (primary N) is 1. The van der Waals surface area contributed by atoms with Crippen molar-refractivity contribution in [3.63, 3.8) is 0 Å². The van der Waals surface area contributed by atoms with E-state index in [1.54, 1.807) is 6.92 Å². The Labute approximate surface area is 129 Å². The second-order valence-electron chi connectivity index (χ2n) is 5.20. The molecule has 0 fully saturated rings. The summed E-state index contributed by atoms with van der Waals surface area (Å²) in [6.45, 7) is 7.12. The molecule has 3 N–H and O–H groups in total. The second kappa shape index (κ2) is 8.27. The molecule has 0 saturated carbocycles. The minimum atomic E-state index is -0.523. The summed E-state index contributed by atoms with van der Waals surface area (Å²) in [5.74, 6) is 0.989. The van der Waals surface area contributed by atoms with Crippen molar-refractivity contribution in [2.45, 2.75) is 33.3 Å². The Balaban J connectivity index is 2.61. The molecule has 0 aliphatic rings. The third-order valence-corrected chi connectivity index (χ3v) is 3.41. The van der Waals surface area contributed by atoms with Crippen LogP contribution in [-0.4, -0.2) is 25.1 Å². The summed E-state index contributed by atoms with van der Waals surface area (Å²) in [7, 11) is 0. The van der Waals surface area contributed by atoms with E-state index < -0.39 is 6.10 Å². The summed E-state index contributed by atoms with van der Waals surface area (Å²) in [4.78, 5) is 11.9. The standard InChI is InChI=1S/C15H23BrN2O2/c1-10(2)9-18-15(19)11(3)20-14-5-4-12(6-7-17)8-13(14)16/h4-5,8,10-11H,6-7,9,17H2,1-3H3,(H,18,19). The molecule has 0 bridgehead atoms. The van der Waals surface area contributed by atoms with E-state index in [2.05, 4.69) is 35.1 Å². The highest BCUT2D eigenvalue weighted by Crippen LogP contribution is 2.27. The maximum atomic E-state index is 11.9. The Hall–Kier alpha value is -1.07. The van der Waals surface area contributed by atoms with Crippen molar-refractivity contribution in [3.05, 3.63) is 28.2 Å². The summed E-state index contributed by atoms with van der Waals surface area (Å²) < 4.78 is 6.52. The van der Waals surface area contributed by atoms with Crippen LogP contribution in [0.3, 0.4) is 0 Å². The van der Waals surface area contributed by atoms with Gasteiger partial charge >= 0.3 is 0 Å². The SMILES string of the molecule is CC(C)CNC(=O)C(C)Oc1ccc(CCN)cc1Br. The van der Waals surface area contributed by atoms with E-state index in [0.29, 0.717) is 24.8 Å². The number of halogens is 1. The smallest absolute Gasteiger partial charge is 0.260 e. The predicted molar refractivity (Wildman–Crippen MR) is 84.8 cm³/mol. The Morgan fingerprint density at radius 3 is 2.65 bits per heavy atom. The minimum absolute atomic E-state index is 0.100. The fourth-order valence-electron chi connectivity index (χ4n) is 1.65. The van der Waals surface area contributed by atoms with Gasteiger partial charge in [0.2, 0.25) is 0 Å². The van der Waals surface area contributed by atoms with Crippen LogP contribution in [-0.2, 0) is 11.2 Å². The van der Waals surface area contributed by atoms with E-state index >= 15 is 0 Å². The number of benzene rings is 1. The molecule has 0 heterocycles. The second-order valence-corrected chi connectivity index (χ2v) is 6.06. The molecule has 1 aromatic rings. The van der Waals surface area contributed by atoms with Gasteiger partial charge in [-0.1, -0.05) is 19.9 Å². The first-order chi connectivity index (χ1) is 9.43. The number of carbonyl (C=O) groups excluding carboxylic acids is 1. The van der Waals surface area contributed by atoms with Gasteiger partial charge in [0.25, 0.3) is 5.91 Å². The first-order valence-corrected chi connectivity index (χ1v) is 7.66. The van der Waals surface area contributed by atoms with Crippen LogP contribution in [0.25, 0.3) is 0 Å². The van der Waals surface area contributed by atoms with E-state index in [1.165, 1.54) is 0 Å². The summed E-state index contributed by atoms with van der Waals surface area (Å²) in [6.07, 6.45) is 0.300. The molecule has 4 nitrogen and oxygen atoms in total. The summed E-state index contributed by atoms with van der Waals surface area (Å²) in [5.41, 5.74) is 6.67. The lowest BCUT2D eigenvalue weighted by atomic mass is 10.1. The summed E-state index contributed by atoms with van der Waals surface area (Å²) >= 11 is 3.46. The van der Waals surface area contributed by atoms with E-state index in [4.69, 9.17) is 10.5 Å². The summed E-state index contributed by atoms with van der Waals surface area (Å²) in [6, 6.07) is 5.80. The van der Waals surface area contributed by atoms with Gasteiger partial charge in [-0.3, -0.25) is 4.79 Å². The van der Waals surface area contributed by atoms with Crippen LogP contribution < -0.4 is 15.8 Å². The Bertz CT molecular complexity index is 449. The zero-order valence-electron chi connectivity index (χ0n) is 12.3. The quantitative estimate of drug-likeness (QED) is 0.800. The molecule has 0 aromatic heterocycles. The minimum Gasteiger partial charge on any atom is -0.480 e. The van der Waals surface area contributed by atoms with Gasteiger partial charge in [-0.15, -0.1) is 0 Å². The number of carbonyl (C=O) groups is 1. The summed E-state index contributed by atoms with van der Waals surface area (Å²) in [5, 5.41) is 2.86. The Morgan fingerprint density at radius 1 is 1.40 bits per heavy atom. The molecule has 0 aliphatic heterocycles. The average molecular weight is 343 g/mol. The van der Waals surface area contributed by atoms with Gasteiger partial charge in [-0.05, 0) is 59.4 Å². The van der Waals surface area contributed by atoms with Gasteiger partial charge in [0.05, 0.1) is 4.47 Å². The van der Waals surface area contributed by atoms with E-state index in [-0.39, 0.29) is 5.91 Å². The Morgan fingerprint density at radius 2 is 2.10 bits per heavy atom. The van der Waals surface area contributed by atoms with E-state index in [9.17, 15) is 4.79 Å². The molecule has 20 heavy (non-hydrogen) atoms. The molecule has 1 amide bonds. The van der Waals surface area contributed by atoms with Crippen LogP contribution in [0.2, 0.25) is 0 Å². The van der Waals surface area contributed by atoms with Crippen molar-refractivity contribution < 1.29 is 9.53 Å². The molecule has 1 aromatic carbocycles. The van der Waals surface area contributed by atoms with Crippen LogP contribution in [0, 0.1) is 5.92 Å². The van der Waals surface area contributed by atoms with Gasteiger partial charge < -0.3 is 15.8 Å². The zero-order chi connectivity index (χ0) is 15.1. The largest absolute Gasteiger partial charge is 0.480 e. The molecule has 0 spiro atoms. The maximum Gasteiger partial charge on any atom is 0.260 e. The van der Waals surface area contributed by atoms with Gasteiger partial charge in [-0.25, -0.2) is 0 Å². The first kappa shape index (κ1) is 17.0. The third-order valence-electron chi connectivity index (χ3n) is 2.79. The van der Waals surface area contributed by atoms with Crippen LogP contribution >= 0.6 is 15.9 Å². The van der Waals surface area contributed by atoms with Gasteiger partial charge in [0, 0.05) is 6.54 Å². The number of hydrogen-bond acceptors (Lipinski definition) is 3. The molecular formula is C15H23BrN2O2.